The molecule has 0 aliphatic heterocycles. The first-order valence-corrected chi connectivity index (χ1v) is 8.92. The molecule has 144 valence electrons. The van der Waals surface area contributed by atoms with Gasteiger partial charge < -0.3 is 14.2 Å². The molecule has 0 aliphatic carbocycles. The lowest BCUT2D eigenvalue weighted by atomic mass is 10.1. The lowest BCUT2D eigenvalue weighted by Crippen LogP contribution is -2.33. The number of carbonyl (C=O) groups is 2. The maximum Gasteiger partial charge on any atom is 0.307 e. The van der Waals surface area contributed by atoms with Gasteiger partial charge in [-0.25, -0.2) is 0 Å². The number of ether oxygens (including phenoxy) is 1. The molecule has 3 rings (SSSR count). The van der Waals surface area contributed by atoms with Crippen LogP contribution in [0.5, 0.6) is 0 Å². The summed E-state index contributed by atoms with van der Waals surface area (Å²) in [6.07, 6.45) is 3.36. The maximum absolute atomic E-state index is 13.0. The van der Waals surface area contributed by atoms with Crippen molar-refractivity contribution >= 4 is 23.5 Å². The Labute approximate surface area is 166 Å². The van der Waals surface area contributed by atoms with Crippen LogP contribution in [0.25, 0.3) is 11.3 Å². The molecule has 0 spiro atoms. The number of esters is 1. The molecule has 0 saturated heterocycles. The first-order valence-electron chi connectivity index (χ1n) is 8.54. The molecule has 2 aromatic heterocycles. The molecule has 0 fully saturated rings. The Hall–Kier alpha value is -3.19. The molecule has 7 nitrogen and oxygen atoms in total. The summed E-state index contributed by atoms with van der Waals surface area (Å²) in [6, 6.07) is 12.2. The van der Waals surface area contributed by atoms with Gasteiger partial charge in [-0.1, -0.05) is 28.9 Å². The molecule has 8 heteroatoms. The largest absolute Gasteiger partial charge is 0.469 e. The third-order valence-electron chi connectivity index (χ3n) is 4.06. The van der Waals surface area contributed by atoms with Gasteiger partial charge in [0, 0.05) is 42.1 Å². The van der Waals surface area contributed by atoms with Crippen LogP contribution in [0.3, 0.4) is 0 Å². The number of hydrogen-bond acceptors (Lipinski definition) is 6. The van der Waals surface area contributed by atoms with Gasteiger partial charge in [0.05, 0.1) is 13.5 Å². The number of aromatic nitrogens is 2. The van der Waals surface area contributed by atoms with Crippen molar-refractivity contribution in [2.75, 3.05) is 13.7 Å². The molecule has 1 amide bonds. The summed E-state index contributed by atoms with van der Waals surface area (Å²) in [4.78, 5) is 30.0. The highest BCUT2D eigenvalue weighted by molar-refractivity contribution is 6.30. The molecular weight excluding hydrogens is 382 g/mol. The van der Waals surface area contributed by atoms with E-state index in [0.29, 0.717) is 22.9 Å². The molecule has 0 bridgehead atoms. The van der Waals surface area contributed by atoms with Gasteiger partial charge in [0.2, 0.25) is 0 Å². The van der Waals surface area contributed by atoms with Gasteiger partial charge >= 0.3 is 5.97 Å². The second kappa shape index (κ2) is 9.14. The third kappa shape index (κ3) is 4.95. The molecule has 0 N–H and O–H groups in total. The van der Waals surface area contributed by atoms with Crippen molar-refractivity contribution < 1.29 is 18.8 Å². The maximum atomic E-state index is 13.0. The fourth-order valence-corrected chi connectivity index (χ4v) is 2.80. The highest BCUT2D eigenvalue weighted by Crippen LogP contribution is 2.24. The number of hydrogen-bond donors (Lipinski definition) is 0. The Morgan fingerprint density at radius 3 is 2.68 bits per heavy atom. The van der Waals surface area contributed by atoms with Crippen LogP contribution in [0.15, 0.2) is 59.4 Å². The molecule has 28 heavy (non-hydrogen) atoms. The fourth-order valence-electron chi connectivity index (χ4n) is 2.61. The van der Waals surface area contributed by atoms with Gasteiger partial charge in [0.1, 0.15) is 0 Å². The predicted octanol–water partition coefficient (Wildman–Crippen LogP) is 3.60. The highest BCUT2D eigenvalue weighted by atomic mass is 35.5. The van der Waals surface area contributed by atoms with E-state index in [-0.39, 0.29) is 24.6 Å². The van der Waals surface area contributed by atoms with Crippen LogP contribution < -0.4 is 0 Å². The summed E-state index contributed by atoms with van der Waals surface area (Å²) in [5, 5.41) is 4.45. The second-order valence-corrected chi connectivity index (χ2v) is 6.43. The lowest BCUT2D eigenvalue weighted by molar-refractivity contribution is -0.140. The zero-order chi connectivity index (χ0) is 19.9. The van der Waals surface area contributed by atoms with Gasteiger partial charge in [-0.15, -0.1) is 0 Å². The van der Waals surface area contributed by atoms with Crippen molar-refractivity contribution in [2.45, 2.75) is 13.0 Å². The number of methoxy groups -OCH3 is 1. The van der Waals surface area contributed by atoms with Crippen molar-refractivity contribution in [1.29, 1.82) is 0 Å². The number of nitrogens with zero attached hydrogens (tertiary/aromatic N) is 3. The quantitative estimate of drug-likeness (QED) is 0.564. The van der Waals surface area contributed by atoms with Gasteiger partial charge in [-0.3, -0.25) is 14.6 Å². The minimum Gasteiger partial charge on any atom is -0.469 e. The Balaban J connectivity index is 1.80. The van der Waals surface area contributed by atoms with Gasteiger partial charge in [-0.05, 0) is 29.8 Å². The van der Waals surface area contributed by atoms with E-state index in [2.05, 4.69) is 14.9 Å². The molecular formula is C20H18ClN3O4. The number of halogens is 1. The van der Waals surface area contributed by atoms with E-state index in [0.717, 1.165) is 5.56 Å². The smallest absolute Gasteiger partial charge is 0.307 e. The molecule has 3 aromatic rings. The van der Waals surface area contributed by atoms with Crippen LogP contribution in [-0.2, 0) is 16.1 Å². The van der Waals surface area contributed by atoms with Crippen LogP contribution in [0.4, 0.5) is 0 Å². The van der Waals surface area contributed by atoms with E-state index in [1.165, 1.54) is 12.0 Å². The van der Waals surface area contributed by atoms with Crippen molar-refractivity contribution in [1.82, 2.24) is 15.0 Å². The predicted molar refractivity (Wildman–Crippen MR) is 103 cm³/mol. The summed E-state index contributed by atoms with van der Waals surface area (Å²) >= 11 is 6.00. The van der Waals surface area contributed by atoms with Crippen molar-refractivity contribution in [2.24, 2.45) is 0 Å². The highest BCUT2D eigenvalue weighted by Gasteiger charge is 2.22. The molecule has 0 saturated carbocycles. The van der Waals surface area contributed by atoms with Crippen LogP contribution in [-0.4, -0.2) is 40.6 Å². The topological polar surface area (TPSA) is 85.5 Å². The number of pyridine rings is 1. The SMILES string of the molecule is COC(=O)CCN(Cc1ccncc1)C(=O)c1cc(-c2cccc(Cl)c2)on1. The zero-order valence-corrected chi connectivity index (χ0v) is 15.9. The Kier molecular flexibility index (Phi) is 6.39. The molecule has 2 heterocycles. The zero-order valence-electron chi connectivity index (χ0n) is 15.2. The van der Waals surface area contributed by atoms with Crippen LogP contribution in [0.2, 0.25) is 5.02 Å². The first-order chi connectivity index (χ1) is 13.6. The fraction of sp³-hybridized carbons (Fsp3) is 0.200. The standard InChI is InChI=1S/C20H18ClN3O4/c1-27-19(25)7-10-24(13-14-5-8-22-9-6-14)20(26)17-12-18(28-23-17)15-3-2-4-16(21)11-15/h2-6,8-9,11-12H,7,10,13H2,1H3. The normalized spacial score (nSPS) is 10.5. The number of benzene rings is 1. The Morgan fingerprint density at radius 1 is 1.18 bits per heavy atom. The molecule has 0 atom stereocenters. The Morgan fingerprint density at radius 2 is 1.96 bits per heavy atom. The summed E-state index contributed by atoms with van der Waals surface area (Å²) < 4.78 is 9.99. The van der Waals surface area contributed by atoms with E-state index in [1.807, 2.05) is 6.07 Å². The van der Waals surface area contributed by atoms with Gasteiger partial charge in [-0.2, -0.15) is 0 Å². The summed E-state index contributed by atoms with van der Waals surface area (Å²) in [6.45, 7) is 0.491. The number of carbonyl (C=O) groups excluding carboxylic acids is 2. The number of rotatable bonds is 7. The monoisotopic (exact) mass is 399 g/mol. The van der Waals surface area contributed by atoms with Crippen molar-refractivity contribution in [3.63, 3.8) is 0 Å². The molecule has 0 unspecified atom stereocenters. The Bertz CT molecular complexity index is 959. The van der Waals surface area contributed by atoms with Crippen molar-refractivity contribution in [3.8, 4) is 11.3 Å². The van der Waals surface area contributed by atoms with E-state index in [4.69, 9.17) is 16.1 Å². The van der Waals surface area contributed by atoms with Crippen molar-refractivity contribution in [3.05, 3.63) is 71.1 Å². The lowest BCUT2D eigenvalue weighted by Gasteiger charge is -2.21. The van der Waals surface area contributed by atoms with E-state index in [9.17, 15) is 9.59 Å². The first kappa shape index (κ1) is 19.6. The molecule has 0 aliphatic rings. The molecule has 1 aromatic carbocycles. The van der Waals surface area contributed by atoms with E-state index < -0.39 is 5.97 Å². The average Bonchev–Trinajstić information content (AvgIpc) is 3.21. The van der Waals surface area contributed by atoms with Gasteiger partial charge in [0.15, 0.2) is 11.5 Å². The van der Waals surface area contributed by atoms with E-state index in [1.54, 1.807) is 48.8 Å². The second-order valence-electron chi connectivity index (χ2n) is 6.00. The van der Waals surface area contributed by atoms with Gasteiger partial charge in [0.25, 0.3) is 5.91 Å². The summed E-state index contributed by atoms with van der Waals surface area (Å²) in [5.74, 6) is -0.312. The van der Waals surface area contributed by atoms with Crippen LogP contribution in [0.1, 0.15) is 22.5 Å². The summed E-state index contributed by atoms with van der Waals surface area (Å²) in [7, 11) is 1.31. The molecule has 0 radical (unpaired) electrons. The summed E-state index contributed by atoms with van der Waals surface area (Å²) in [5.41, 5.74) is 1.75. The average molecular weight is 400 g/mol. The van der Waals surface area contributed by atoms with Crippen LogP contribution >= 0.6 is 11.6 Å². The van der Waals surface area contributed by atoms with E-state index >= 15 is 0 Å². The third-order valence-corrected chi connectivity index (χ3v) is 4.30. The minimum atomic E-state index is -0.396. The minimum absolute atomic E-state index is 0.0757. The van der Waals surface area contributed by atoms with Crippen LogP contribution in [0, 0.1) is 0 Å². The number of amides is 1.